The van der Waals surface area contributed by atoms with Crippen LogP contribution in [0.1, 0.15) is 95.2 Å². The number of rotatable bonds is 7. The van der Waals surface area contributed by atoms with Crippen molar-refractivity contribution in [2.24, 2.45) is 11.8 Å². The van der Waals surface area contributed by atoms with Crippen molar-refractivity contribution in [2.75, 3.05) is 0 Å². The van der Waals surface area contributed by atoms with Gasteiger partial charge in [0.1, 0.15) is 5.75 Å². The van der Waals surface area contributed by atoms with Gasteiger partial charge in [0, 0.05) is 18.1 Å². The van der Waals surface area contributed by atoms with E-state index in [4.69, 9.17) is 4.74 Å². The van der Waals surface area contributed by atoms with Crippen LogP contribution in [0.3, 0.4) is 0 Å². The minimum absolute atomic E-state index is 0.00284. The Bertz CT molecular complexity index is 1050. The second-order valence-corrected chi connectivity index (χ2v) is 11.0. The molecule has 2 heterocycles. The summed E-state index contributed by atoms with van der Waals surface area (Å²) in [4.78, 5) is 14.1. The molecule has 0 spiro atoms. The molecular weight excluding hydrogens is 448 g/mol. The number of alkyl halides is 2. The first-order valence-electron chi connectivity index (χ1n) is 13.4. The molecule has 6 heteroatoms. The molecule has 2 aromatic rings. The van der Waals surface area contributed by atoms with Crippen molar-refractivity contribution < 1.29 is 23.4 Å². The van der Waals surface area contributed by atoms with Crippen LogP contribution in [-0.4, -0.2) is 34.2 Å². The number of aliphatic carboxylic acids is 1. The van der Waals surface area contributed by atoms with Gasteiger partial charge in [0.25, 0.3) is 6.43 Å². The van der Waals surface area contributed by atoms with E-state index in [9.17, 15) is 18.7 Å². The Labute approximate surface area is 206 Å². The van der Waals surface area contributed by atoms with E-state index in [1.54, 1.807) is 6.07 Å². The van der Waals surface area contributed by atoms with Crippen LogP contribution in [0, 0.1) is 11.8 Å². The molecule has 2 bridgehead atoms. The summed E-state index contributed by atoms with van der Waals surface area (Å²) >= 11 is 0. The summed E-state index contributed by atoms with van der Waals surface area (Å²) in [5, 5.41) is 10.9. The largest absolute Gasteiger partial charge is 0.490 e. The number of carbonyl (C=O) groups is 1. The Kier molecular flexibility index (Phi) is 7.02. The highest BCUT2D eigenvalue weighted by Gasteiger charge is 2.45. The first-order valence-corrected chi connectivity index (χ1v) is 13.4. The maximum Gasteiger partial charge on any atom is 0.306 e. The molecule has 2 saturated heterocycles. The normalized spacial score (nSPS) is 30.0. The Morgan fingerprint density at radius 2 is 1.74 bits per heavy atom. The second-order valence-electron chi connectivity index (χ2n) is 11.0. The van der Waals surface area contributed by atoms with E-state index in [0.29, 0.717) is 29.9 Å². The highest BCUT2D eigenvalue weighted by molar-refractivity contribution is 5.88. The van der Waals surface area contributed by atoms with Gasteiger partial charge >= 0.3 is 5.97 Å². The Balaban J connectivity index is 1.42. The maximum atomic E-state index is 14.3. The van der Waals surface area contributed by atoms with Crippen LogP contribution in [0.5, 0.6) is 5.75 Å². The van der Waals surface area contributed by atoms with Crippen molar-refractivity contribution in [2.45, 2.75) is 102 Å². The molecule has 1 N–H and O–H groups in total. The fourth-order valence-electron chi connectivity index (χ4n) is 6.96. The molecule has 1 saturated carbocycles. The molecule has 4 nitrogen and oxygen atoms in total. The number of piperidine rings is 1. The van der Waals surface area contributed by atoms with Crippen LogP contribution < -0.4 is 4.74 Å². The molecule has 3 aliphatic rings. The molecule has 5 rings (SSSR count). The maximum absolute atomic E-state index is 14.3. The van der Waals surface area contributed by atoms with Gasteiger partial charge in [-0.25, -0.2) is 8.78 Å². The van der Waals surface area contributed by atoms with Crippen LogP contribution in [0.4, 0.5) is 8.78 Å². The summed E-state index contributed by atoms with van der Waals surface area (Å²) in [6, 6.07) is 10.3. The molecule has 0 aromatic heterocycles. The van der Waals surface area contributed by atoms with Crippen molar-refractivity contribution in [3.05, 3.63) is 41.5 Å². The fourth-order valence-corrected chi connectivity index (χ4v) is 6.96. The van der Waals surface area contributed by atoms with Crippen LogP contribution >= 0.6 is 0 Å². The standard InChI is InChI=1S/C29H37F2NO3/c1-3-25(32-21-8-9-22(32)16-20(15-21)29(33)34)19-6-12-24-18(14-19)7-13-26(27(24)28(30)31)35-23-10-4-17(2)5-11-23/h6-7,12-14,17,20-23,25,28H,3-5,8-11,15-16H2,1-2H3,(H,33,34). The lowest BCUT2D eigenvalue weighted by molar-refractivity contribution is -0.144. The number of ether oxygens (including phenoxy) is 1. The zero-order valence-electron chi connectivity index (χ0n) is 20.8. The van der Waals surface area contributed by atoms with Gasteiger partial charge in [-0.05, 0) is 92.2 Å². The summed E-state index contributed by atoms with van der Waals surface area (Å²) in [7, 11) is 0. The lowest BCUT2D eigenvalue weighted by atomic mass is 9.87. The quantitative estimate of drug-likeness (QED) is 0.441. The minimum Gasteiger partial charge on any atom is -0.490 e. The average Bonchev–Trinajstić information content (AvgIpc) is 3.08. The number of hydrogen-bond donors (Lipinski definition) is 1. The summed E-state index contributed by atoms with van der Waals surface area (Å²) < 4.78 is 34.7. The van der Waals surface area contributed by atoms with E-state index in [-0.39, 0.29) is 35.7 Å². The molecular formula is C29H37F2NO3. The number of carboxylic acid groups (broad SMARTS) is 1. The van der Waals surface area contributed by atoms with Crippen LogP contribution in [-0.2, 0) is 4.79 Å². The lowest BCUT2D eigenvalue weighted by Gasteiger charge is -2.42. The second kappa shape index (κ2) is 10.0. The molecule has 2 aliphatic heterocycles. The predicted octanol–water partition coefficient (Wildman–Crippen LogP) is 7.51. The topological polar surface area (TPSA) is 49.8 Å². The van der Waals surface area contributed by atoms with Gasteiger partial charge in [-0.15, -0.1) is 0 Å². The van der Waals surface area contributed by atoms with E-state index < -0.39 is 12.4 Å². The van der Waals surface area contributed by atoms with E-state index in [1.807, 2.05) is 18.2 Å². The molecule has 3 atom stereocenters. The zero-order valence-corrected chi connectivity index (χ0v) is 20.8. The summed E-state index contributed by atoms with van der Waals surface area (Å²) in [5.41, 5.74) is 1.13. The molecule has 0 amide bonds. The molecule has 2 aromatic carbocycles. The van der Waals surface area contributed by atoms with E-state index in [1.165, 1.54) is 0 Å². The minimum atomic E-state index is -2.60. The number of nitrogens with zero attached hydrogens (tertiary/aromatic N) is 1. The van der Waals surface area contributed by atoms with Crippen LogP contribution in [0.2, 0.25) is 0 Å². The highest BCUT2D eigenvalue weighted by Crippen LogP contribution is 2.46. The molecule has 3 fully saturated rings. The molecule has 1 aliphatic carbocycles. The van der Waals surface area contributed by atoms with E-state index in [2.05, 4.69) is 24.8 Å². The third kappa shape index (κ3) is 4.78. The Morgan fingerprint density at radius 3 is 2.34 bits per heavy atom. The SMILES string of the molecule is CCC(c1ccc2c(C(F)F)c(OC3CCC(C)CC3)ccc2c1)N1C2CCC1CC(C(=O)O)C2. The molecule has 0 radical (unpaired) electrons. The van der Waals surface area contributed by atoms with Gasteiger partial charge in [-0.1, -0.05) is 32.0 Å². The molecule has 3 unspecified atom stereocenters. The van der Waals surface area contributed by atoms with E-state index >= 15 is 0 Å². The van der Waals surface area contributed by atoms with Crippen molar-refractivity contribution in [3.63, 3.8) is 0 Å². The smallest absolute Gasteiger partial charge is 0.306 e. The summed E-state index contributed by atoms with van der Waals surface area (Å²) in [6.45, 7) is 4.39. The monoisotopic (exact) mass is 485 g/mol. The molecule has 35 heavy (non-hydrogen) atoms. The fraction of sp³-hybridized carbons (Fsp3) is 0.621. The van der Waals surface area contributed by atoms with Crippen molar-refractivity contribution in [3.8, 4) is 5.75 Å². The zero-order chi connectivity index (χ0) is 24.7. The Hall–Kier alpha value is -2.21. The summed E-state index contributed by atoms with van der Waals surface area (Å²) in [6.07, 6.45) is 5.77. The Morgan fingerprint density at radius 1 is 1.06 bits per heavy atom. The van der Waals surface area contributed by atoms with Crippen molar-refractivity contribution in [1.29, 1.82) is 0 Å². The summed E-state index contributed by atoms with van der Waals surface area (Å²) in [5.74, 6) is 0.0644. The highest BCUT2D eigenvalue weighted by atomic mass is 19.3. The van der Waals surface area contributed by atoms with Crippen molar-refractivity contribution >= 4 is 16.7 Å². The van der Waals surface area contributed by atoms with E-state index in [0.717, 1.165) is 55.9 Å². The third-order valence-electron chi connectivity index (χ3n) is 8.79. The van der Waals surface area contributed by atoms with Gasteiger partial charge < -0.3 is 9.84 Å². The number of carboxylic acids is 1. The number of halogens is 2. The number of fused-ring (bicyclic) bond motifs is 3. The van der Waals surface area contributed by atoms with Gasteiger partial charge in [-0.3, -0.25) is 9.69 Å². The van der Waals surface area contributed by atoms with Crippen LogP contribution in [0.25, 0.3) is 10.8 Å². The lowest BCUT2D eigenvalue weighted by Crippen LogP contribution is -2.46. The number of hydrogen-bond acceptors (Lipinski definition) is 3. The number of benzene rings is 2. The van der Waals surface area contributed by atoms with Crippen LogP contribution in [0.15, 0.2) is 30.3 Å². The molecule has 190 valence electrons. The van der Waals surface area contributed by atoms with Crippen molar-refractivity contribution in [1.82, 2.24) is 4.90 Å². The van der Waals surface area contributed by atoms with Gasteiger partial charge in [-0.2, -0.15) is 0 Å². The first-order chi connectivity index (χ1) is 16.9. The third-order valence-corrected chi connectivity index (χ3v) is 8.79. The predicted molar refractivity (Wildman–Crippen MR) is 133 cm³/mol. The van der Waals surface area contributed by atoms with Gasteiger partial charge in [0.2, 0.25) is 0 Å². The first kappa shape index (κ1) is 24.5. The van der Waals surface area contributed by atoms with Gasteiger partial charge in [0.15, 0.2) is 0 Å². The van der Waals surface area contributed by atoms with Gasteiger partial charge in [0.05, 0.1) is 17.6 Å². The average molecular weight is 486 g/mol.